The van der Waals surface area contributed by atoms with Crippen molar-refractivity contribution in [2.45, 2.75) is 6.92 Å². The van der Waals surface area contributed by atoms with Gasteiger partial charge in [-0.1, -0.05) is 0 Å². The molecule has 0 aliphatic rings. The minimum Gasteiger partial charge on any atom is -0.462 e. The molecule has 3 nitrogen and oxygen atoms in total. The van der Waals surface area contributed by atoms with Crippen LogP contribution >= 0.6 is 0 Å². The molecule has 0 fully saturated rings. The second-order valence-electron chi connectivity index (χ2n) is 3.38. The number of esters is 1. The van der Waals surface area contributed by atoms with E-state index in [0.717, 1.165) is 6.07 Å². The number of benzene rings is 1. The summed E-state index contributed by atoms with van der Waals surface area (Å²) < 4.78 is 31.0. The van der Waals surface area contributed by atoms with E-state index in [4.69, 9.17) is 4.74 Å². The average molecular weight is 237 g/mol. The van der Waals surface area contributed by atoms with Gasteiger partial charge in [-0.2, -0.15) is 0 Å². The number of ether oxygens (including phenoxy) is 1. The Morgan fingerprint density at radius 1 is 1.41 bits per heavy atom. The van der Waals surface area contributed by atoms with Crippen LogP contribution in [0.15, 0.2) is 24.4 Å². The molecule has 0 aliphatic carbocycles. The van der Waals surface area contributed by atoms with Crippen molar-refractivity contribution < 1.29 is 18.3 Å². The van der Waals surface area contributed by atoms with Gasteiger partial charge in [0.1, 0.15) is 5.52 Å². The first-order valence-electron chi connectivity index (χ1n) is 5.04. The van der Waals surface area contributed by atoms with Crippen LogP contribution in [0.4, 0.5) is 8.78 Å². The summed E-state index contributed by atoms with van der Waals surface area (Å²) in [5.74, 6) is -2.52. The maximum Gasteiger partial charge on any atom is 0.339 e. The number of aromatic nitrogens is 1. The minimum atomic E-state index is -1.02. The first kappa shape index (κ1) is 11.4. The van der Waals surface area contributed by atoms with E-state index in [9.17, 15) is 13.6 Å². The van der Waals surface area contributed by atoms with E-state index in [1.54, 1.807) is 6.92 Å². The second kappa shape index (κ2) is 4.45. The highest BCUT2D eigenvalue weighted by Gasteiger charge is 2.12. The second-order valence-corrected chi connectivity index (χ2v) is 3.38. The third-order valence-electron chi connectivity index (χ3n) is 2.26. The smallest absolute Gasteiger partial charge is 0.339 e. The minimum absolute atomic E-state index is 0.0990. The van der Waals surface area contributed by atoms with Gasteiger partial charge in [-0.05, 0) is 25.1 Å². The lowest BCUT2D eigenvalue weighted by molar-refractivity contribution is 0.0526. The van der Waals surface area contributed by atoms with Crippen LogP contribution < -0.4 is 0 Å². The van der Waals surface area contributed by atoms with Crippen LogP contribution in [0.25, 0.3) is 10.9 Å². The Hall–Kier alpha value is -2.04. The van der Waals surface area contributed by atoms with Crippen molar-refractivity contribution in [3.8, 4) is 0 Å². The molecule has 0 saturated carbocycles. The SMILES string of the molecule is CCOC(=O)c1cnc2c(F)c(F)ccc2c1. The standard InChI is InChI=1S/C12H9F2NO2/c1-2-17-12(16)8-5-7-3-4-9(13)10(14)11(7)15-6-8/h3-6H,2H2,1H3. The number of rotatable bonds is 2. The lowest BCUT2D eigenvalue weighted by Gasteiger charge is -2.03. The van der Waals surface area contributed by atoms with Crippen LogP contribution in [-0.2, 0) is 4.74 Å². The number of fused-ring (bicyclic) bond motifs is 1. The van der Waals surface area contributed by atoms with Gasteiger partial charge in [-0.15, -0.1) is 0 Å². The highest BCUT2D eigenvalue weighted by atomic mass is 19.2. The van der Waals surface area contributed by atoms with Crippen LogP contribution in [-0.4, -0.2) is 17.6 Å². The molecular formula is C12H9F2NO2. The topological polar surface area (TPSA) is 39.2 Å². The third kappa shape index (κ3) is 2.08. The quantitative estimate of drug-likeness (QED) is 0.754. The van der Waals surface area contributed by atoms with E-state index in [1.165, 1.54) is 18.3 Å². The molecule has 88 valence electrons. The van der Waals surface area contributed by atoms with Gasteiger partial charge in [0, 0.05) is 11.6 Å². The molecule has 5 heteroatoms. The molecule has 2 aromatic rings. The fourth-order valence-electron chi connectivity index (χ4n) is 1.47. The summed E-state index contributed by atoms with van der Waals surface area (Å²) >= 11 is 0. The Kier molecular flexibility index (Phi) is 2.99. The molecule has 0 amide bonds. The fourth-order valence-corrected chi connectivity index (χ4v) is 1.47. The number of carbonyl (C=O) groups is 1. The number of halogens is 2. The Labute approximate surface area is 96.0 Å². The van der Waals surface area contributed by atoms with Crippen molar-refractivity contribution in [1.82, 2.24) is 4.98 Å². The number of nitrogens with zero attached hydrogens (tertiary/aromatic N) is 1. The largest absolute Gasteiger partial charge is 0.462 e. The zero-order valence-electron chi connectivity index (χ0n) is 9.04. The normalized spacial score (nSPS) is 10.5. The van der Waals surface area contributed by atoms with Crippen LogP contribution in [0, 0.1) is 11.6 Å². The van der Waals surface area contributed by atoms with Crippen LogP contribution in [0.3, 0.4) is 0 Å². The molecule has 0 unspecified atom stereocenters. The molecule has 0 N–H and O–H groups in total. The number of pyridine rings is 1. The Morgan fingerprint density at radius 3 is 2.88 bits per heavy atom. The van der Waals surface area contributed by atoms with Gasteiger partial charge in [0.2, 0.25) is 0 Å². The van der Waals surface area contributed by atoms with Gasteiger partial charge < -0.3 is 4.74 Å². The fraction of sp³-hybridized carbons (Fsp3) is 0.167. The molecule has 1 aromatic carbocycles. The molecule has 0 aliphatic heterocycles. The average Bonchev–Trinajstić information content (AvgIpc) is 2.34. The lowest BCUT2D eigenvalue weighted by atomic mass is 10.1. The predicted octanol–water partition coefficient (Wildman–Crippen LogP) is 2.69. The van der Waals surface area contributed by atoms with Gasteiger partial charge in [0.05, 0.1) is 12.2 Å². The molecule has 0 saturated heterocycles. The zero-order chi connectivity index (χ0) is 12.4. The van der Waals surface area contributed by atoms with Crippen LogP contribution in [0.1, 0.15) is 17.3 Å². The summed E-state index contributed by atoms with van der Waals surface area (Å²) in [6, 6.07) is 3.78. The maximum atomic E-state index is 13.3. The van der Waals surface area contributed by atoms with Crippen molar-refractivity contribution in [2.24, 2.45) is 0 Å². The summed E-state index contributed by atoms with van der Waals surface area (Å²) in [6.45, 7) is 1.93. The molecule has 0 spiro atoms. The highest BCUT2D eigenvalue weighted by molar-refractivity contribution is 5.93. The van der Waals surface area contributed by atoms with Crippen molar-refractivity contribution in [2.75, 3.05) is 6.61 Å². The van der Waals surface area contributed by atoms with Crippen molar-refractivity contribution in [3.05, 3.63) is 41.6 Å². The zero-order valence-corrected chi connectivity index (χ0v) is 9.04. The van der Waals surface area contributed by atoms with Crippen molar-refractivity contribution in [3.63, 3.8) is 0 Å². The number of carbonyl (C=O) groups excluding carboxylic acids is 1. The summed E-state index contributed by atoms with van der Waals surface area (Å²) in [6.07, 6.45) is 1.17. The van der Waals surface area contributed by atoms with Crippen molar-refractivity contribution >= 4 is 16.9 Å². The number of hydrogen-bond acceptors (Lipinski definition) is 3. The monoisotopic (exact) mass is 237 g/mol. The summed E-state index contributed by atoms with van der Waals surface area (Å²) in [4.78, 5) is 15.1. The highest BCUT2D eigenvalue weighted by Crippen LogP contribution is 2.19. The molecule has 1 aromatic heterocycles. The van der Waals surface area contributed by atoms with E-state index in [1.807, 2.05) is 0 Å². The van der Waals surface area contributed by atoms with Gasteiger partial charge in [0.15, 0.2) is 11.6 Å². The van der Waals surface area contributed by atoms with Gasteiger partial charge in [-0.3, -0.25) is 4.98 Å². The number of hydrogen-bond donors (Lipinski definition) is 0. The summed E-state index contributed by atoms with van der Waals surface area (Å²) in [7, 11) is 0. The van der Waals surface area contributed by atoms with Gasteiger partial charge >= 0.3 is 5.97 Å². The first-order chi connectivity index (χ1) is 8.13. The Morgan fingerprint density at radius 2 is 2.18 bits per heavy atom. The van der Waals surface area contributed by atoms with E-state index in [0.29, 0.717) is 5.39 Å². The maximum absolute atomic E-state index is 13.3. The van der Waals surface area contributed by atoms with E-state index in [2.05, 4.69) is 4.98 Å². The molecule has 0 radical (unpaired) electrons. The Balaban J connectivity index is 2.52. The van der Waals surface area contributed by atoms with E-state index < -0.39 is 17.6 Å². The first-order valence-corrected chi connectivity index (χ1v) is 5.04. The summed E-state index contributed by atoms with van der Waals surface area (Å²) in [5, 5.41) is 0.356. The molecule has 0 bridgehead atoms. The summed E-state index contributed by atoms with van der Waals surface area (Å²) in [5.41, 5.74) is 0.114. The van der Waals surface area contributed by atoms with E-state index in [-0.39, 0.29) is 17.7 Å². The lowest BCUT2D eigenvalue weighted by Crippen LogP contribution is -2.05. The molecule has 1 heterocycles. The molecular weight excluding hydrogens is 228 g/mol. The third-order valence-corrected chi connectivity index (χ3v) is 2.26. The predicted molar refractivity (Wildman–Crippen MR) is 57.6 cm³/mol. The van der Waals surface area contributed by atoms with Gasteiger partial charge in [-0.25, -0.2) is 13.6 Å². The Bertz CT molecular complexity index is 584. The van der Waals surface area contributed by atoms with Crippen LogP contribution in [0.2, 0.25) is 0 Å². The molecule has 17 heavy (non-hydrogen) atoms. The molecule has 0 atom stereocenters. The molecule has 2 rings (SSSR count). The van der Waals surface area contributed by atoms with Crippen molar-refractivity contribution in [1.29, 1.82) is 0 Å². The van der Waals surface area contributed by atoms with E-state index >= 15 is 0 Å². The van der Waals surface area contributed by atoms with Gasteiger partial charge in [0.25, 0.3) is 0 Å². The van der Waals surface area contributed by atoms with Crippen LogP contribution in [0.5, 0.6) is 0 Å².